The minimum Gasteiger partial charge on any atom is -0.212 e. The Bertz CT molecular complexity index is 366. The first kappa shape index (κ1) is 11.1. The van der Waals surface area contributed by atoms with Gasteiger partial charge in [0.2, 0.25) is 10.0 Å². The van der Waals surface area contributed by atoms with Crippen molar-refractivity contribution in [1.29, 1.82) is 0 Å². The third kappa shape index (κ3) is 2.61. The summed E-state index contributed by atoms with van der Waals surface area (Å²) in [7, 11) is -2.98. The molecule has 1 fully saturated rings. The van der Waals surface area contributed by atoms with Crippen molar-refractivity contribution in [2.24, 2.45) is 11.8 Å². The third-order valence-corrected chi connectivity index (χ3v) is 5.15. The summed E-state index contributed by atoms with van der Waals surface area (Å²) in [6, 6.07) is 0. The van der Waals surface area contributed by atoms with E-state index in [1.165, 1.54) is 5.57 Å². The van der Waals surface area contributed by atoms with Crippen LogP contribution in [0.4, 0.5) is 0 Å². The maximum Gasteiger partial charge on any atom is 0.214 e. The fraction of sp³-hybridized carbons (Fsp3) is 0.818. The van der Waals surface area contributed by atoms with Crippen LogP contribution in [0.1, 0.15) is 26.7 Å². The Morgan fingerprint density at radius 1 is 1.47 bits per heavy atom. The van der Waals surface area contributed by atoms with Crippen molar-refractivity contribution in [3.63, 3.8) is 0 Å². The summed E-state index contributed by atoms with van der Waals surface area (Å²) in [5, 5.41) is 0. The smallest absolute Gasteiger partial charge is 0.212 e. The first-order valence-electron chi connectivity index (χ1n) is 5.66. The topological polar surface area (TPSA) is 37.4 Å². The highest BCUT2D eigenvalue weighted by Gasteiger charge is 2.33. The molecule has 2 aliphatic rings. The van der Waals surface area contributed by atoms with Crippen molar-refractivity contribution in [1.82, 2.24) is 4.31 Å². The van der Waals surface area contributed by atoms with Gasteiger partial charge in [0.15, 0.2) is 0 Å². The van der Waals surface area contributed by atoms with Crippen LogP contribution in [0.5, 0.6) is 0 Å². The highest BCUT2D eigenvalue weighted by Crippen LogP contribution is 2.32. The van der Waals surface area contributed by atoms with Crippen LogP contribution in [0.15, 0.2) is 11.6 Å². The highest BCUT2D eigenvalue weighted by molar-refractivity contribution is 7.89. The largest absolute Gasteiger partial charge is 0.214 e. The van der Waals surface area contributed by atoms with E-state index in [1.807, 2.05) is 0 Å². The average Bonchev–Trinajstić information content (AvgIpc) is 2.80. The molecule has 0 unspecified atom stereocenters. The van der Waals surface area contributed by atoms with Crippen LogP contribution in [0.2, 0.25) is 0 Å². The highest BCUT2D eigenvalue weighted by atomic mass is 32.2. The predicted molar refractivity (Wildman–Crippen MR) is 61.0 cm³/mol. The Labute approximate surface area is 92.2 Å². The van der Waals surface area contributed by atoms with Gasteiger partial charge in [0, 0.05) is 13.1 Å². The van der Waals surface area contributed by atoms with E-state index < -0.39 is 10.0 Å². The molecular weight excluding hydrogens is 210 g/mol. The molecule has 0 bridgehead atoms. The van der Waals surface area contributed by atoms with Crippen molar-refractivity contribution >= 4 is 10.0 Å². The zero-order chi connectivity index (χ0) is 11.1. The molecule has 86 valence electrons. The molecule has 0 amide bonds. The van der Waals surface area contributed by atoms with Gasteiger partial charge in [-0.05, 0) is 24.7 Å². The number of sulfonamides is 1. The van der Waals surface area contributed by atoms with Crippen molar-refractivity contribution in [3.8, 4) is 0 Å². The van der Waals surface area contributed by atoms with Gasteiger partial charge in [0.1, 0.15) is 0 Å². The molecule has 1 aliphatic carbocycles. The lowest BCUT2D eigenvalue weighted by Gasteiger charge is -2.17. The van der Waals surface area contributed by atoms with Crippen LogP contribution in [-0.2, 0) is 10.0 Å². The molecule has 3 nitrogen and oxygen atoms in total. The zero-order valence-electron chi connectivity index (χ0n) is 9.44. The molecule has 0 aromatic carbocycles. The van der Waals surface area contributed by atoms with Crippen LogP contribution in [0, 0.1) is 11.8 Å². The summed E-state index contributed by atoms with van der Waals surface area (Å²) in [5.74, 6) is 1.27. The SMILES string of the molecule is CC(C)C1=CCN(S(=O)(=O)CC2CC2)C1. The molecule has 0 N–H and O–H groups in total. The van der Waals surface area contributed by atoms with Crippen LogP contribution < -0.4 is 0 Å². The summed E-state index contributed by atoms with van der Waals surface area (Å²) in [6.45, 7) is 5.43. The Morgan fingerprint density at radius 3 is 2.60 bits per heavy atom. The Kier molecular flexibility index (Phi) is 2.90. The van der Waals surface area contributed by atoms with Gasteiger partial charge in [0.25, 0.3) is 0 Å². The number of nitrogens with zero attached hydrogens (tertiary/aromatic N) is 1. The average molecular weight is 229 g/mol. The van der Waals surface area contributed by atoms with Gasteiger partial charge in [-0.15, -0.1) is 0 Å². The number of hydrogen-bond acceptors (Lipinski definition) is 2. The van der Waals surface area contributed by atoms with Gasteiger partial charge >= 0.3 is 0 Å². The number of rotatable bonds is 4. The van der Waals surface area contributed by atoms with E-state index >= 15 is 0 Å². The first-order valence-corrected chi connectivity index (χ1v) is 7.26. The van der Waals surface area contributed by atoms with Crippen LogP contribution in [-0.4, -0.2) is 31.6 Å². The summed E-state index contributed by atoms with van der Waals surface area (Å²) >= 11 is 0. The van der Waals surface area contributed by atoms with E-state index in [4.69, 9.17) is 0 Å². The van der Waals surface area contributed by atoms with E-state index in [0.29, 0.717) is 30.7 Å². The Morgan fingerprint density at radius 2 is 2.13 bits per heavy atom. The molecule has 1 heterocycles. The molecule has 15 heavy (non-hydrogen) atoms. The lowest BCUT2D eigenvalue weighted by Crippen LogP contribution is -2.32. The third-order valence-electron chi connectivity index (χ3n) is 3.19. The van der Waals surface area contributed by atoms with Gasteiger partial charge in [-0.3, -0.25) is 0 Å². The molecule has 0 radical (unpaired) electrons. The van der Waals surface area contributed by atoms with E-state index in [9.17, 15) is 8.42 Å². The molecule has 0 spiro atoms. The predicted octanol–water partition coefficient (Wildman–Crippen LogP) is 1.62. The normalized spacial score (nSPS) is 23.5. The quantitative estimate of drug-likeness (QED) is 0.687. The van der Waals surface area contributed by atoms with E-state index in [1.54, 1.807) is 4.31 Å². The molecule has 0 aromatic heterocycles. The summed E-state index contributed by atoms with van der Waals surface area (Å²) in [6.07, 6.45) is 4.25. The lowest BCUT2D eigenvalue weighted by molar-refractivity contribution is 0.475. The fourth-order valence-electron chi connectivity index (χ4n) is 1.87. The Hall–Kier alpha value is -0.350. The van der Waals surface area contributed by atoms with Crippen molar-refractivity contribution in [3.05, 3.63) is 11.6 Å². The fourth-order valence-corrected chi connectivity index (χ4v) is 3.66. The minimum atomic E-state index is -2.98. The Balaban J connectivity index is 1.96. The van der Waals surface area contributed by atoms with Gasteiger partial charge in [-0.1, -0.05) is 25.5 Å². The monoisotopic (exact) mass is 229 g/mol. The molecular formula is C11H19NO2S. The summed E-state index contributed by atoms with van der Waals surface area (Å²) < 4.78 is 25.5. The van der Waals surface area contributed by atoms with E-state index in [-0.39, 0.29) is 0 Å². The second kappa shape index (κ2) is 3.91. The number of hydrogen-bond donors (Lipinski definition) is 0. The molecule has 2 rings (SSSR count). The molecule has 4 heteroatoms. The minimum absolute atomic E-state index is 0.367. The van der Waals surface area contributed by atoms with Crippen LogP contribution in [0.25, 0.3) is 0 Å². The second-order valence-electron chi connectivity index (χ2n) is 4.95. The lowest BCUT2D eigenvalue weighted by atomic mass is 10.1. The first-order chi connectivity index (χ1) is 6.99. The maximum atomic E-state index is 11.9. The van der Waals surface area contributed by atoms with E-state index in [2.05, 4.69) is 19.9 Å². The second-order valence-corrected chi connectivity index (χ2v) is 6.96. The molecule has 0 atom stereocenters. The van der Waals surface area contributed by atoms with Gasteiger partial charge in [-0.25, -0.2) is 8.42 Å². The summed E-state index contributed by atoms with van der Waals surface area (Å²) in [5.41, 5.74) is 1.26. The molecule has 1 aliphatic heterocycles. The summed E-state index contributed by atoms with van der Waals surface area (Å²) in [4.78, 5) is 0. The zero-order valence-corrected chi connectivity index (χ0v) is 10.3. The van der Waals surface area contributed by atoms with Crippen molar-refractivity contribution in [2.45, 2.75) is 26.7 Å². The maximum absolute atomic E-state index is 11.9. The van der Waals surface area contributed by atoms with Crippen LogP contribution >= 0.6 is 0 Å². The van der Waals surface area contributed by atoms with Crippen LogP contribution in [0.3, 0.4) is 0 Å². The van der Waals surface area contributed by atoms with E-state index in [0.717, 1.165) is 12.8 Å². The van der Waals surface area contributed by atoms with Gasteiger partial charge in [0.05, 0.1) is 5.75 Å². The van der Waals surface area contributed by atoms with Crippen molar-refractivity contribution in [2.75, 3.05) is 18.8 Å². The molecule has 1 saturated carbocycles. The van der Waals surface area contributed by atoms with Gasteiger partial charge in [-0.2, -0.15) is 4.31 Å². The van der Waals surface area contributed by atoms with Gasteiger partial charge < -0.3 is 0 Å². The standard InChI is InChI=1S/C11H19NO2S/c1-9(2)11-5-6-12(7-11)15(13,14)8-10-3-4-10/h5,9-10H,3-4,6-8H2,1-2H3. The van der Waals surface area contributed by atoms with Crippen molar-refractivity contribution < 1.29 is 8.42 Å². The molecule has 0 saturated heterocycles. The molecule has 0 aromatic rings.